The minimum atomic E-state index is -0.290. The van der Waals surface area contributed by atoms with E-state index < -0.39 is 0 Å². The fourth-order valence-corrected chi connectivity index (χ4v) is 4.68. The molecule has 2 aromatic carbocycles. The van der Waals surface area contributed by atoms with E-state index in [1.54, 1.807) is 18.3 Å². The maximum Gasteiger partial charge on any atom is 0.251 e. The van der Waals surface area contributed by atoms with Gasteiger partial charge in [-0.25, -0.2) is 9.37 Å². The predicted molar refractivity (Wildman–Crippen MR) is 182 cm³/mol. The standard InChI is InChI=1S/C31H33FN4O2.C2H4.C2H2.CH5N/c1-4-27(33-5-2)25-13-8-21(16-28(25)35-23-11-12-23)31(37)34-15-14-24-17-26-19(3)18-38-30(26)29(36-24)20-6-9-22(32)10-7-20;3*1-2/h4-10,13,16-17,19,23,35H,11-12,14-15,18H2,1-3H3,(H,34,37);1-2H2;1-2H;2H2,1H3/b27-4-,33-5?;;;. The highest BCUT2D eigenvalue weighted by molar-refractivity contribution is 5.96. The summed E-state index contributed by atoms with van der Waals surface area (Å²) in [5.41, 5.74) is 11.4. The second kappa shape index (κ2) is 18.0. The summed E-state index contributed by atoms with van der Waals surface area (Å²) in [6.07, 6.45) is 14.6. The summed E-state index contributed by atoms with van der Waals surface area (Å²) in [6.45, 7) is 13.0. The summed E-state index contributed by atoms with van der Waals surface area (Å²) in [6, 6.07) is 14.5. The summed E-state index contributed by atoms with van der Waals surface area (Å²) < 4.78 is 19.4. The van der Waals surface area contributed by atoms with Crippen molar-refractivity contribution in [3.05, 3.63) is 96.0 Å². The van der Waals surface area contributed by atoms with Gasteiger partial charge in [-0.05, 0) is 82.3 Å². The van der Waals surface area contributed by atoms with E-state index in [9.17, 15) is 9.18 Å². The maximum atomic E-state index is 13.5. The van der Waals surface area contributed by atoms with Gasteiger partial charge >= 0.3 is 0 Å². The number of allylic oxidation sites excluding steroid dienone is 1. The number of carbonyl (C=O) groups is 1. The molecule has 2 aliphatic rings. The van der Waals surface area contributed by atoms with Crippen LogP contribution in [0, 0.1) is 18.7 Å². The van der Waals surface area contributed by atoms with Crippen molar-refractivity contribution in [2.24, 2.45) is 10.7 Å². The number of carbonyl (C=O) groups excluding carboxylic acids is 1. The number of halogens is 1. The molecule has 1 aliphatic carbocycles. The molecule has 1 amide bonds. The summed E-state index contributed by atoms with van der Waals surface area (Å²) in [4.78, 5) is 22.4. The van der Waals surface area contributed by atoms with E-state index in [-0.39, 0.29) is 17.6 Å². The first kappa shape index (κ1) is 35.5. The van der Waals surface area contributed by atoms with Crippen LogP contribution in [0.3, 0.4) is 0 Å². The van der Waals surface area contributed by atoms with Gasteiger partial charge in [0.2, 0.25) is 0 Å². The maximum absolute atomic E-state index is 13.5. The van der Waals surface area contributed by atoms with Gasteiger partial charge in [-0.1, -0.05) is 13.0 Å². The summed E-state index contributed by atoms with van der Waals surface area (Å²) in [5, 5.41) is 6.59. The lowest BCUT2D eigenvalue weighted by atomic mass is 9.99. The molecule has 0 bridgehead atoms. The smallest absolute Gasteiger partial charge is 0.251 e. The van der Waals surface area contributed by atoms with Crippen LogP contribution in [0.25, 0.3) is 17.0 Å². The van der Waals surface area contributed by atoms with Gasteiger partial charge in [-0.2, -0.15) is 0 Å². The van der Waals surface area contributed by atoms with Crippen LogP contribution in [0.5, 0.6) is 5.75 Å². The highest BCUT2D eigenvalue weighted by atomic mass is 19.1. The molecule has 1 atom stereocenters. The molecule has 1 unspecified atom stereocenters. The number of aromatic nitrogens is 1. The van der Waals surface area contributed by atoms with E-state index in [1.165, 1.54) is 19.2 Å². The SMILES string of the molecule is C#C.C=C.CC=N/C(=C\C)c1ccc(C(=O)NCCc2cc3c(c(-c4ccc(F)cc4)n2)OCC3C)cc1NC1CC1.CN. The fraction of sp³-hybridized carbons (Fsp3) is 0.306. The van der Waals surface area contributed by atoms with E-state index in [0.29, 0.717) is 36.9 Å². The lowest BCUT2D eigenvalue weighted by Crippen LogP contribution is -2.26. The van der Waals surface area contributed by atoms with Crippen LogP contribution in [0.4, 0.5) is 10.1 Å². The van der Waals surface area contributed by atoms with Gasteiger partial charge in [-0.15, -0.1) is 26.0 Å². The molecule has 1 saturated carbocycles. The number of ether oxygens (including phenoxy) is 1. The highest BCUT2D eigenvalue weighted by Crippen LogP contribution is 2.41. The topological polar surface area (TPSA) is 102 Å². The van der Waals surface area contributed by atoms with Crippen molar-refractivity contribution < 1.29 is 13.9 Å². The molecular weight excluding hydrogens is 553 g/mol. The number of aliphatic imine (C=N–C) groups is 1. The van der Waals surface area contributed by atoms with Crippen LogP contribution in [-0.4, -0.2) is 43.3 Å². The molecule has 1 fully saturated rings. The van der Waals surface area contributed by atoms with Crippen LogP contribution in [0.2, 0.25) is 0 Å². The zero-order chi connectivity index (χ0) is 32.6. The first-order chi connectivity index (χ1) is 21.5. The number of anilines is 1. The lowest BCUT2D eigenvalue weighted by molar-refractivity contribution is 0.0954. The van der Waals surface area contributed by atoms with Crippen LogP contribution in [0.1, 0.15) is 66.7 Å². The number of rotatable bonds is 9. The second-order valence-corrected chi connectivity index (χ2v) is 9.85. The van der Waals surface area contributed by atoms with Crippen LogP contribution in [0.15, 0.2) is 72.8 Å². The third-order valence-electron chi connectivity index (χ3n) is 6.88. The van der Waals surface area contributed by atoms with E-state index in [0.717, 1.165) is 52.4 Å². The number of nitrogens with one attached hydrogen (secondary N) is 2. The molecule has 0 radical (unpaired) electrons. The number of amides is 1. The van der Waals surface area contributed by atoms with Gasteiger partial charge in [-0.3, -0.25) is 9.79 Å². The monoisotopic (exact) mass is 597 g/mol. The molecule has 7 nitrogen and oxygen atoms in total. The van der Waals surface area contributed by atoms with E-state index in [1.807, 2.05) is 38.1 Å². The lowest BCUT2D eigenvalue weighted by Gasteiger charge is -2.14. The van der Waals surface area contributed by atoms with Crippen LogP contribution < -0.4 is 21.1 Å². The normalized spacial score (nSPS) is 14.8. The van der Waals surface area contributed by atoms with Gasteiger partial charge < -0.3 is 21.1 Å². The van der Waals surface area contributed by atoms with Gasteiger partial charge in [0.05, 0.1) is 12.3 Å². The Kier molecular flexibility index (Phi) is 14.5. The van der Waals surface area contributed by atoms with Crippen LogP contribution >= 0.6 is 0 Å². The fourth-order valence-electron chi connectivity index (χ4n) is 4.68. The largest absolute Gasteiger partial charge is 0.490 e. The summed E-state index contributed by atoms with van der Waals surface area (Å²) >= 11 is 0. The molecule has 2 heterocycles. The van der Waals surface area contributed by atoms with E-state index >= 15 is 0 Å². The molecule has 44 heavy (non-hydrogen) atoms. The highest BCUT2D eigenvalue weighted by Gasteiger charge is 2.26. The minimum Gasteiger partial charge on any atom is -0.490 e. The molecule has 0 spiro atoms. The number of fused-ring (bicyclic) bond motifs is 1. The zero-order valence-electron chi connectivity index (χ0n) is 26.2. The third-order valence-corrected chi connectivity index (χ3v) is 6.88. The number of hydrogen-bond acceptors (Lipinski definition) is 6. The molecule has 4 N–H and O–H groups in total. The Bertz CT molecular complexity index is 1460. The van der Waals surface area contributed by atoms with Crippen LogP contribution in [-0.2, 0) is 6.42 Å². The third kappa shape index (κ3) is 9.13. The molecule has 5 rings (SSSR count). The summed E-state index contributed by atoms with van der Waals surface area (Å²) in [5.74, 6) is 0.589. The number of nitrogens with two attached hydrogens (primary N) is 1. The van der Waals surface area contributed by atoms with Gasteiger partial charge in [0.15, 0.2) is 0 Å². The molecule has 1 aromatic heterocycles. The average Bonchev–Trinajstić information content (AvgIpc) is 3.82. The number of benzene rings is 2. The molecule has 232 valence electrons. The van der Waals surface area contributed by atoms with Crippen molar-refractivity contribution >= 4 is 23.5 Å². The van der Waals surface area contributed by atoms with Crippen molar-refractivity contribution in [2.45, 2.75) is 52.0 Å². The molecule has 0 saturated heterocycles. The molecular formula is C36H44FN5O2. The van der Waals surface area contributed by atoms with Gasteiger partial charge in [0.1, 0.15) is 17.3 Å². The molecule has 3 aromatic rings. The number of nitrogens with zero attached hydrogens (tertiary/aromatic N) is 2. The number of terminal acetylenes is 1. The van der Waals surface area contributed by atoms with Gasteiger partial charge in [0.25, 0.3) is 5.91 Å². The predicted octanol–water partition coefficient (Wildman–Crippen LogP) is 7.01. The van der Waals surface area contributed by atoms with Crippen molar-refractivity contribution in [1.82, 2.24) is 10.3 Å². The Hall–Kier alpha value is -4.74. The number of hydrogen-bond donors (Lipinski definition) is 3. The Morgan fingerprint density at radius 2 is 1.82 bits per heavy atom. The quantitative estimate of drug-likeness (QED) is 0.140. The van der Waals surface area contributed by atoms with E-state index in [4.69, 9.17) is 9.72 Å². The van der Waals surface area contributed by atoms with Crippen molar-refractivity contribution in [3.63, 3.8) is 0 Å². The Morgan fingerprint density at radius 3 is 2.43 bits per heavy atom. The van der Waals surface area contributed by atoms with Crippen molar-refractivity contribution in [1.29, 1.82) is 0 Å². The number of pyridine rings is 1. The van der Waals surface area contributed by atoms with Gasteiger partial charge in [0, 0.05) is 64.8 Å². The van der Waals surface area contributed by atoms with E-state index in [2.05, 4.69) is 60.4 Å². The first-order valence-corrected chi connectivity index (χ1v) is 14.6. The average molecular weight is 598 g/mol. The zero-order valence-corrected chi connectivity index (χ0v) is 26.2. The first-order valence-electron chi connectivity index (χ1n) is 14.6. The molecule has 8 heteroatoms. The Balaban J connectivity index is 0.00000106. The Morgan fingerprint density at radius 1 is 1.14 bits per heavy atom. The minimum absolute atomic E-state index is 0.131. The van der Waals surface area contributed by atoms with Crippen molar-refractivity contribution in [3.8, 4) is 29.9 Å². The van der Waals surface area contributed by atoms with Crippen molar-refractivity contribution in [2.75, 3.05) is 25.5 Å². The summed E-state index contributed by atoms with van der Waals surface area (Å²) in [7, 11) is 1.50. The Labute approximate surface area is 261 Å². The second-order valence-electron chi connectivity index (χ2n) is 9.85. The molecule has 1 aliphatic heterocycles.